The Bertz CT molecular complexity index is 1210. The van der Waals surface area contributed by atoms with E-state index >= 15 is 0 Å². The summed E-state index contributed by atoms with van der Waals surface area (Å²) < 4.78 is 46.7. The molecule has 0 radical (unpaired) electrons. The molecule has 1 aromatic carbocycles. The Kier molecular flexibility index (Phi) is 35.2. The van der Waals surface area contributed by atoms with Crippen LogP contribution in [0.15, 0.2) is 47.4 Å². The zero-order chi connectivity index (χ0) is 38.0. The minimum atomic E-state index is -5.01. The van der Waals surface area contributed by atoms with Crippen LogP contribution in [0.3, 0.4) is 0 Å². The summed E-state index contributed by atoms with van der Waals surface area (Å²) in [6.45, 7) is 4.59. The van der Waals surface area contributed by atoms with Crippen LogP contribution in [0, 0.1) is 0 Å². The van der Waals surface area contributed by atoms with Gasteiger partial charge in [0.15, 0.2) is 0 Å². The Morgan fingerprint density at radius 2 is 0.868 bits per heavy atom. The third kappa shape index (κ3) is 28.6. The van der Waals surface area contributed by atoms with Crippen LogP contribution in [0.25, 0.3) is 0 Å². The zero-order valence-corrected chi connectivity index (χ0v) is 36.8. The number of esters is 2. The molecule has 0 heterocycles. The second kappa shape index (κ2) is 36.2. The van der Waals surface area contributed by atoms with Gasteiger partial charge in [-0.2, -0.15) is 0 Å². The number of allylic oxidation sites excluding steroid dienone is 4. The third-order valence-electron chi connectivity index (χ3n) is 9.52. The van der Waals surface area contributed by atoms with Crippen LogP contribution >= 0.6 is 0 Å². The average Bonchev–Trinajstić information content (AvgIpc) is 3.13. The predicted octanol–water partition coefficient (Wildman–Crippen LogP) is 9.98. The van der Waals surface area contributed by atoms with Gasteiger partial charge in [-0.3, -0.25) is 0 Å². The van der Waals surface area contributed by atoms with Gasteiger partial charge in [-0.15, -0.1) is 0 Å². The number of carbonyl (C=O) groups is 2. The molecule has 7 nitrogen and oxygen atoms in total. The molecule has 1 rings (SSSR count). The number of hydrogen-bond donors (Lipinski definition) is 0. The number of hydrogen-bond acceptors (Lipinski definition) is 7. The van der Waals surface area contributed by atoms with E-state index in [0.29, 0.717) is 12.8 Å². The molecule has 0 N–H and O–H groups in total. The molecule has 0 saturated heterocycles. The third-order valence-corrected chi connectivity index (χ3v) is 10.4. The van der Waals surface area contributed by atoms with Crippen LogP contribution in [0.2, 0.25) is 0 Å². The summed E-state index contributed by atoms with van der Waals surface area (Å²) in [5.41, 5.74) is -0.778. The molecule has 0 atom stereocenters. The van der Waals surface area contributed by atoms with Gasteiger partial charge in [0.2, 0.25) is 0 Å². The molecule has 0 aliphatic heterocycles. The van der Waals surface area contributed by atoms with Gasteiger partial charge in [-0.1, -0.05) is 173 Å². The van der Waals surface area contributed by atoms with Crippen molar-refractivity contribution in [1.82, 2.24) is 0 Å². The van der Waals surface area contributed by atoms with Crippen LogP contribution in [0.4, 0.5) is 0 Å². The molecular weight excluding hydrogens is 696 g/mol. The van der Waals surface area contributed by atoms with Crippen molar-refractivity contribution in [3.8, 4) is 0 Å². The summed E-state index contributed by atoms with van der Waals surface area (Å²) in [5, 5.41) is 0. The fraction of sp³-hybridized carbons (Fsp3) is 0.727. The first-order valence-corrected chi connectivity index (χ1v) is 22.5. The average molecular weight is 769 g/mol. The fourth-order valence-electron chi connectivity index (χ4n) is 6.43. The molecule has 0 amide bonds. The Balaban J connectivity index is 0.0000270. The first kappa shape index (κ1) is 51.5. The maximum Gasteiger partial charge on any atom is 1.00 e. The molecule has 0 aromatic heterocycles. The predicted molar refractivity (Wildman–Crippen MR) is 214 cm³/mol. The molecule has 0 spiro atoms. The fourth-order valence-corrected chi connectivity index (χ4v) is 7.12. The number of rotatable bonds is 35. The van der Waals surface area contributed by atoms with E-state index in [1.165, 1.54) is 128 Å². The van der Waals surface area contributed by atoms with Gasteiger partial charge in [-0.25, -0.2) is 18.0 Å². The quantitative estimate of drug-likeness (QED) is 0.0222. The van der Waals surface area contributed by atoms with Crippen LogP contribution in [-0.4, -0.2) is 38.1 Å². The van der Waals surface area contributed by atoms with Crippen molar-refractivity contribution in [1.29, 1.82) is 0 Å². The van der Waals surface area contributed by atoms with Crippen LogP contribution in [0.5, 0.6) is 0 Å². The normalized spacial score (nSPS) is 11.7. The van der Waals surface area contributed by atoms with Crippen LogP contribution < -0.4 is 29.6 Å². The van der Waals surface area contributed by atoms with Crippen molar-refractivity contribution in [3.05, 3.63) is 53.6 Å². The van der Waals surface area contributed by atoms with Gasteiger partial charge >= 0.3 is 41.5 Å². The van der Waals surface area contributed by atoms with E-state index in [1.807, 2.05) is 0 Å². The SMILES string of the molecule is CC/C=C/CCCCCCCCCCCCCCOC(=O)c1cccc(S(=O)(=O)[O-])c1C(=O)OCCCCCCCCCCCCCC/C=C/CC.[Na+]. The molecule has 0 aliphatic carbocycles. The molecular formula is C44H73NaO7S. The maximum atomic E-state index is 13.0. The molecule has 298 valence electrons. The van der Waals surface area contributed by atoms with Gasteiger partial charge < -0.3 is 14.0 Å². The maximum absolute atomic E-state index is 13.0. The second-order valence-electron chi connectivity index (χ2n) is 14.2. The molecule has 0 saturated carbocycles. The number of ether oxygens (including phenoxy) is 2. The van der Waals surface area contributed by atoms with Crippen molar-refractivity contribution in [2.45, 2.75) is 199 Å². The first-order valence-electron chi connectivity index (χ1n) is 21.1. The van der Waals surface area contributed by atoms with Crippen molar-refractivity contribution < 1.29 is 61.6 Å². The molecule has 1 aromatic rings. The van der Waals surface area contributed by atoms with E-state index < -0.39 is 32.5 Å². The minimum absolute atomic E-state index is 0. The summed E-state index contributed by atoms with van der Waals surface area (Å²) in [6, 6.07) is 3.62. The Hall–Kier alpha value is -1.45. The van der Waals surface area contributed by atoms with Crippen molar-refractivity contribution in [3.63, 3.8) is 0 Å². The van der Waals surface area contributed by atoms with Crippen molar-refractivity contribution in [2.24, 2.45) is 0 Å². The van der Waals surface area contributed by atoms with Gasteiger partial charge in [0.1, 0.15) is 10.1 Å². The van der Waals surface area contributed by atoms with E-state index in [-0.39, 0.29) is 48.3 Å². The van der Waals surface area contributed by atoms with E-state index in [9.17, 15) is 22.6 Å². The molecule has 0 aliphatic rings. The molecule has 0 fully saturated rings. The Morgan fingerprint density at radius 1 is 0.528 bits per heavy atom. The van der Waals surface area contributed by atoms with E-state index in [0.717, 1.165) is 57.4 Å². The summed E-state index contributed by atoms with van der Waals surface area (Å²) in [5.74, 6) is -1.81. The molecule has 0 bridgehead atoms. The monoisotopic (exact) mass is 768 g/mol. The van der Waals surface area contributed by atoms with E-state index in [4.69, 9.17) is 9.47 Å². The summed E-state index contributed by atoms with van der Waals surface area (Å²) in [4.78, 5) is 25.1. The van der Waals surface area contributed by atoms with Gasteiger partial charge in [0, 0.05) is 0 Å². The molecule has 53 heavy (non-hydrogen) atoms. The van der Waals surface area contributed by atoms with Crippen LogP contribution in [-0.2, 0) is 19.6 Å². The largest absolute Gasteiger partial charge is 1.00 e. The standard InChI is InChI=1S/C44H74O7S.Na/c1-3-5-7-9-11-13-15-17-19-21-23-25-27-29-31-33-38-50-43(45)40-36-35-37-41(52(47,48)49)42(40)44(46)51-39-34-32-30-28-26-24-22-20-18-16-14-12-10-8-6-4-2;/h5-8,35-37H,3-4,9-34,38-39H2,1-2H3,(H,47,48,49);/q;+1/p-1/b7-5+,8-6+;. The Morgan fingerprint density at radius 3 is 1.23 bits per heavy atom. The number of carbonyl (C=O) groups excluding carboxylic acids is 2. The smallest absolute Gasteiger partial charge is 0.744 e. The second-order valence-corrected chi connectivity index (χ2v) is 15.6. The minimum Gasteiger partial charge on any atom is -0.744 e. The summed E-state index contributed by atoms with van der Waals surface area (Å²) in [6.07, 6.45) is 41.8. The van der Waals surface area contributed by atoms with Crippen LogP contribution in [0.1, 0.15) is 214 Å². The number of benzene rings is 1. The van der Waals surface area contributed by atoms with E-state index in [2.05, 4.69) is 38.2 Å². The van der Waals surface area contributed by atoms with Crippen molar-refractivity contribution >= 4 is 22.1 Å². The summed E-state index contributed by atoms with van der Waals surface area (Å²) in [7, 11) is -5.01. The Labute approximate surface area is 347 Å². The molecule has 9 heteroatoms. The first-order chi connectivity index (χ1) is 25.3. The molecule has 0 unspecified atom stereocenters. The van der Waals surface area contributed by atoms with Gasteiger partial charge in [0.05, 0.1) is 29.2 Å². The van der Waals surface area contributed by atoms with Crippen molar-refractivity contribution in [2.75, 3.05) is 13.2 Å². The number of unbranched alkanes of at least 4 members (excludes halogenated alkanes) is 24. The topological polar surface area (TPSA) is 110 Å². The van der Waals surface area contributed by atoms with Gasteiger partial charge in [0.25, 0.3) is 0 Å². The van der Waals surface area contributed by atoms with E-state index in [1.54, 1.807) is 0 Å². The summed E-state index contributed by atoms with van der Waals surface area (Å²) >= 11 is 0. The zero-order valence-electron chi connectivity index (χ0n) is 34.0. The van der Waals surface area contributed by atoms with Gasteiger partial charge in [-0.05, 0) is 63.5 Å².